The molecule has 5 heteroatoms. The molecule has 0 fully saturated rings. The molecule has 0 saturated heterocycles. The molecule has 0 saturated carbocycles. The highest BCUT2D eigenvalue weighted by molar-refractivity contribution is 7.71. The normalized spacial score (nSPS) is 17.6. The molecule has 120 valence electrons. The summed E-state index contributed by atoms with van der Waals surface area (Å²) in [6, 6.07) is 9.11. The first kappa shape index (κ1) is 15.7. The Balaban J connectivity index is 1.51. The number of rotatable bonds is 5. The molecule has 23 heavy (non-hydrogen) atoms. The van der Waals surface area contributed by atoms with E-state index in [9.17, 15) is 4.79 Å². The second-order valence-electron chi connectivity index (χ2n) is 5.92. The highest BCUT2D eigenvalue weighted by Crippen LogP contribution is 2.27. The summed E-state index contributed by atoms with van der Waals surface area (Å²) in [5.41, 5.74) is 2.95. The van der Waals surface area contributed by atoms with Crippen LogP contribution >= 0.6 is 12.2 Å². The van der Waals surface area contributed by atoms with Gasteiger partial charge in [0.05, 0.1) is 5.56 Å². The van der Waals surface area contributed by atoms with Crippen molar-refractivity contribution in [1.29, 1.82) is 0 Å². The zero-order valence-corrected chi connectivity index (χ0v) is 13.7. The Labute approximate surface area is 140 Å². The van der Waals surface area contributed by atoms with Crippen LogP contribution in [-0.4, -0.2) is 22.5 Å². The van der Waals surface area contributed by atoms with Gasteiger partial charge in [0.15, 0.2) is 4.77 Å². The number of H-pyrrole nitrogens is 2. The summed E-state index contributed by atoms with van der Waals surface area (Å²) in [6.07, 6.45) is 8.27. The lowest BCUT2D eigenvalue weighted by molar-refractivity contribution is 0.0533. The van der Waals surface area contributed by atoms with E-state index in [2.05, 4.69) is 16.0 Å². The number of benzene rings is 1. The molecule has 1 aromatic heterocycles. The second-order valence-corrected chi connectivity index (χ2v) is 6.33. The number of esters is 1. The summed E-state index contributed by atoms with van der Waals surface area (Å²) in [5.74, 6) is 0.301. The van der Waals surface area contributed by atoms with Crippen LogP contribution in [0.25, 0.3) is 0 Å². The number of carbonyl (C=O) groups excluding carboxylic acids is 1. The molecule has 3 rings (SSSR count). The average Bonchev–Trinajstić information content (AvgIpc) is 2.99. The van der Waals surface area contributed by atoms with Gasteiger partial charge >= 0.3 is 5.97 Å². The molecule has 1 aliphatic carbocycles. The monoisotopic (exact) mass is 328 g/mol. The number of ether oxygens (including phenoxy) is 1. The number of nitrogens with one attached hydrogen (secondary N) is 2. The van der Waals surface area contributed by atoms with Gasteiger partial charge in [0.1, 0.15) is 6.61 Å². The quantitative estimate of drug-likeness (QED) is 0.491. The SMILES string of the molecule is O=C(OCC1=CCC[C@@H](Cc2c[nH]c(=S)[nH]2)C1)c1ccccc1. The molecule has 0 amide bonds. The third-order valence-corrected chi connectivity index (χ3v) is 4.34. The van der Waals surface area contributed by atoms with Gasteiger partial charge in [-0.1, -0.05) is 24.3 Å². The maximum absolute atomic E-state index is 12.0. The average molecular weight is 328 g/mol. The summed E-state index contributed by atoms with van der Waals surface area (Å²) in [4.78, 5) is 18.2. The van der Waals surface area contributed by atoms with Gasteiger partial charge < -0.3 is 14.7 Å². The number of allylic oxidation sites excluding steroid dienone is 1. The highest BCUT2D eigenvalue weighted by atomic mass is 32.1. The molecular weight excluding hydrogens is 308 g/mol. The lowest BCUT2D eigenvalue weighted by Crippen LogP contribution is -2.15. The van der Waals surface area contributed by atoms with Gasteiger partial charge in [-0.05, 0) is 61.5 Å². The first-order chi connectivity index (χ1) is 11.2. The van der Waals surface area contributed by atoms with Crippen molar-refractivity contribution in [2.75, 3.05) is 6.61 Å². The third-order valence-electron chi connectivity index (χ3n) is 4.12. The van der Waals surface area contributed by atoms with Crippen LogP contribution in [0.4, 0.5) is 0 Å². The fraction of sp³-hybridized carbons (Fsp3) is 0.333. The zero-order valence-electron chi connectivity index (χ0n) is 12.9. The fourth-order valence-electron chi connectivity index (χ4n) is 2.98. The minimum atomic E-state index is -0.261. The summed E-state index contributed by atoms with van der Waals surface area (Å²) in [6.45, 7) is 0.382. The van der Waals surface area contributed by atoms with E-state index in [1.807, 2.05) is 24.4 Å². The predicted molar refractivity (Wildman–Crippen MR) is 91.8 cm³/mol. The van der Waals surface area contributed by atoms with Crippen molar-refractivity contribution in [3.05, 3.63) is 64.2 Å². The Bertz CT molecular complexity index is 746. The summed E-state index contributed by atoms with van der Waals surface area (Å²) < 4.78 is 6.10. The highest BCUT2D eigenvalue weighted by Gasteiger charge is 2.18. The first-order valence-corrected chi connectivity index (χ1v) is 8.28. The molecule has 1 aromatic carbocycles. The van der Waals surface area contributed by atoms with Gasteiger partial charge in [-0.2, -0.15) is 0 Å². The van der Waals surface area contributed by atoms with E-state index in [-0.39, 0.29) is 5.97 Å². The lowest BCUT2D eigenvalue weighted by atomic mass is 9.86. The van der Waals surface area contributed by atoms with E-state index >= 15 is 0 Å². The molecule has 0 bridgehead atoms. The Morgan fingerprint density at radius 1 is 1.30 bits per heavy atom. The van der Waals surface area contributed by atoms with Gasteiger partial charge in [-0.15, -0.1) is 0 Å². The number of hydrogen-bond acceptors (Lipinski definition) is 3. The Morgan fingerprint density at radius 2 is 2.13 bits per heavy atom. The van der Waals surface area contributed by atoms with E-state index in [4.69, 9.17) is 17.0 Å². The molecule has 4 nitrogen and oxygen atoms in total. The number of aromatic nitrogens is 2. The van der Waals surface area contributed by atoms with Crippen molar-refractivity contribution in [3.8, 4) is 0 Å². The van der Waals surface area contributed by atoms with Crippen LogP contribution in [0.15, 0.2) is 48.2 Å². The third kappa shape index (κ3) is 4.42. The van der Waals surface area contributed by atoms with E-state index in [0.29, 0.717) is 22.9 Å². The lowest BCUT2D eigenvalue weighted by Gasteiger charge is -2.22. The second kappa shape index (κ2) is 7.42. The zero-order chi connectivity index (χ0) is 16.1. The van der Waals surface area contributed by atoms with Crippen molar-refractivity contribution in [2.45, 2.75) is 25.7 Å². The Hall–Kier alpha value is -2.14. The molecule has 0 aliphatic heterocycles. The summed E-state index contributed by atoms with van der Waals surface area (Å²) in [7, 11) is 0. The van der Waals surface area contributed by atoms with E-state index in [0.717, 1.165) is 31.4 Å². The minimum absolute atomic E-state index is 0.261. The van der Waals surface area contributed by atoms with Gasteiger partial charge in [-0.3, -0.25) is 0 Å². The Kier molecular flexibility index (Phi) is 5.08. The van der Waals surface area contributed by atoms with Crippen LogP contribution in [0.2, 0.25) is 0 Å². The van der Waals surface area contributed by atoms with Crippen molar-refractivity contribution in [1.82, 2.24) is 9.97 Å². The van der Waals surface area contributed by atoms with Crippen molar-refractivity contribution < 1.29 is 9.53 Å². The molecule has 0 radical (unpaired) electrons. The molecular formula is C18H20N2O2S. The molecule has 0 unspecified atom stereocenters. The van der Waals surface area contributed by atoms with Gasteiger partial charge in [-0.25, -0.2) is 4.79 Å². The van der Waals surface area contributed by atoms with E-state index < -0.39 is 0 Å². The van der Waals surface area contributed by atoms with E-state index in [1.165, 1.54) is 5.57 Å². The van der Waals surface area contributed by atoms with Crippen molar-refractivity contribution in [3.63, 3.8) is 0 Å². The van der Waals surface area contributed by atoms with Crippen LogP contribution in [0, 0.1) is 10.7 Å². The van der Waals surface area contributed by atoms with Gasteiger partial charge in [0.2, 0.25) is 0 Å². The minimum Gasteiger partial charge on any atom is -0.458 e. The van der Waals surface area contributed by atoms with Crippen LogP contribution < -0.4 is 0 Å². The number of hydrogen-bond donors (Lipinski definition) is 2. The molecule has 2 N–H and O–H groups in total. The smallest absolute Gasteiger partial charge is 0.338 e. The van der Waals surface area contributed by atoms with Gasteiger partial charge in [0, 0.05) is 11.9 Å². The van der Waals surface area contributed by atoms with Crippen molar-refractivity contribution in [2.24, 2.45) is 5.92 Å². The number of aromatic amines is 2. The predicted octanol–water partition coefficient (Wildman–Crippen LogP) is 4.20. The van der Waals surface area contributed by atoms with Crippen molar-refractivity contribution >= 4 is 18.2 Å². The maximum atomic E-state index is 12.0. The van der Waals surface area contributed by atoms with Crippen LogP contribution in [-0.2, 0) is 11.2 Å². The molecule has 1 aliphatic rings. The number of carbonyl (C=O) groups is 1. The molecule has 1 atom stereocenters. The summed E-state index contributed by atoms with van der Waals surface area (Å²) in [5, 5.41) is 0. The van der Waals surface area contributed by atoms with Crippen LogP contribution in [0.1, 0.15) is 35.3 Å². The summed E-state index contributed by atoms with van der Waals surface area (Å²) >= 11 is 5.06. The molecule has 2 aromatic rings. The standard InChI is InChI=1S/C18H20N2O2S/c21-17(15-7-2-1-3-8-15)22-12-14-6-4-5-13(9-14)10-16-11-19-18(23)20-16/h1-3,6-8,11,13H,4-5,9-10,12H2,(H2,19,20,23)/t13-/m1/s1. The fourth-order valence-corrected chi connectivity index (χ4v) is 3.17. The molecule has 1 heterocycles. The number of imidazole rings is 1. The topological polar surface area (TPSA) is 57.9 Å². The van der Waals surface area contributed by atoms with Crippen LogP contribution in [0.3, 0.4) is 0 Å². The first-order valence-electron chi connectivity index (χ1n) is 7.87. The van der Waals surface area contributed by atoms with E-state index in [1.54, 1.807) is 12.1 Å². The Morgan fingerprint density at radius 3 is 2.87 bits per heavy atom. The molecule has 0 spiro atoms. The maximum Gasteiger partial charge on any atom is 0.338 e. The largest absolute Gasteiger partial charge is 0.458 e. The van der Waals surface area contributed by atoms with Crippen LogP contribution in [0.5, 0.6) is 0 Å². The van der Waals surface area contributed by atoms with Gasteiger partial charge in [0.25, 0.3) is 0 Å².